The zero-order chi connectivity index (χ0) is 13.5. The van der Waals surface area contributed by atoms with E-state index in [0.29, 0.717) is 5.92 Å². The topological polar surface area (TPSA) is 60.2 Å². The average Bonchev–Trinajstić information content (AvgIpc) is 2.52. The number of hydrogen-bond acceptors (Lipinski definition) is 4. The molecule has 2 fully saturated rings. The molecule has 4 atom stereocenters. The summed E-state index contributed by atoms with van der Waals surface area (Å²) in [5, 5.41) is 4.72. The van der Waals surface area contributed by atoms with E-state index in [1.54, 1.807) is 0 Å². The van der Waals surface area contributed by atoms with Crippen LogP contribution < -0.4 is 11.1 Å². The molecule has 2 aromatic rings. The number of aromatic nitrogens is 1. The van der Waals surface area contributed by atoms with Crippen molar-refractivity contribution >= 4 is 16.6 Å². The van der Waals surface area contributed by atoms with Gasteiger partial charge in [-0.15, -0.1) is 0 Å². The Morgan fingerprint density at radius 1 is 1.25 bits per heavy atom. The maximum Gasteiger partial charge on any atom is 0.0834 e. The molecule has 4 unspecified atom stereocenters. The zero-order valence-electron chi connectivity index (χ0n) is 11.3. The maximum absolute atomic E-state index is 6.31. The highest BCUT2D eigenvalue weighted by Crippen LogP contribution is 2.39. The molecule has 1 aliphatic carbocycles. The molecule has 0 amide bonds. The van der Waals surface area contributed by atoms with E-state index in [-0.39, 0.29) is 18.2 Å². The molecule has 1 aliphatic heterocycles. The van der Waals surface area contributed by atoms with Gasteiger partial charge in [0.1, 0.15) is 0 Å². The third-order valence-corrected chi connectivity index (χ3v) is 4.65. The van der Waals surface area contributed by atoms with E-state index < -0.39 is 0 Å². The summed E-state index contributed by atoms with van der Waals surface area (Å²) in [6, 6.07) is 10.6. The molecule has 0 bridgehead atoms. The van der Waals surface area contributed by atoms with Gasteiger partial charge in [-0.1, -0.05) is 18.2 Å². The first kappa shape index (κ1) is 12.1. The minimum Gasteiger partial charge on any atom is -0.378 e. The van der Waals surface area contributed by atoms with Gasteiger partial charge in [0.2, 0.25) is 0 Å². The second-order valence-corrected chi connectivity index (χ2v) is 5.76. The lowest BCUT2D eigenvalue weighted by Crippen LogP contribution is -2.69. The molecule has 104 valence electrons. The molecule has 0 radical (unpaired) electrons. The van der Waals surface area contributed by atoms with Gasteiger partial charge in [-0.3, -0.25) is 4.98 Å². The van der Waals surface area contributed by atoms with Crippen molar-refractivity contribution in [2.45, 2.75) is 31.0 Å². The van der Waals surface area contributed by atoms with E-state index in [0.717, 1.165) is 29.6 Å². The SMILES string of the molecule is NC1C2CCCOC2C1Nc1ccnc2ccccc12. The summed E-state index contributed by atoms with van der Waals surface area (Å²) < 4.78 is 5.89. The zero-order valence-corrected chi connectivity index (χ0v) is 11.3. The highest BCUT2D eigenvalue weighted by Gasteiger charge is 2.50. The number of nitrogens with two attached hydrogens (primary N) is 1. The number of nitrogens with one attached hydrogen (secondary N) is 1. The van der Waals surface area contributed by atoms with Gasteiger partial charge in [-0.2, -0.15) is 0 Å². The Labute approximate surface area is 118 Å². The van der Waals surface area contributed by atoms with Crippen molar-refractivity contribution < 1.29 is 4.74 Å². The van der Waals surface area contributed by atoms with E-state index in [9.17, 15) is 0 Å². The molecular formula is C16H19N3O. The lowest BCUT2D eigenvalue weighted by atomic mass is 9.68. The Kier molecular flexibility index (Phi) is 2.86. The number of rotatable bonds is 2. The van der Waals surface area contributed by atoms with Crippen LogP contribution in [0.15, 0.2) is 36.5 Å². The largest absolute Gasteiger partial charge is 0.378 e. The van der Waals surface area contributed by atoms with Gasteiger partial charge >= 0.3 is 0 Å². The van der Waals surface area contributed by atoms with Crippen molar-refractivity contribution in [1.29, 1.82) is 0 Å². The molecule has 0 spiro atoms. The van der Waals surface area contributed by atoms with Crippen LogP contribution in [-0.4, -0.2) is 29.8 Å². The van der Waals surface area contributed by atoms with E-state index in [2.05, 4.69) is 16.4 Å². The summed E-state index contributed by atoms with van der Waals surface area (Å²) in [5.41, 5.74) is 8.42. The molecule has 2 heterocycles. The summed E-state index contributed by atoms with van der Waals surface area (Å²) >= 11 is 0. The summed E-state index contributed by atoms with van der Waals surface area (Å²) in [4.78, 5) is 4.39. The number of fused-ring (bicyclic) bond motifs is 2. The van der Waals surface area contributed by atoms with E-state index in [1.165, 1.54) is 6.42 Å². The van der Waals surface area contributed by atoms with Crippen LogP contribution in [0.1, 0.15) is 12.8 Å². The minimum atomic E-state index is 0.187. The first-order chi connectivity index (χ1) is 9.84. The number of pyridine rings is 1. The van der Waals surface area contributed by atoms with Gasteiger partial charge < -0.3 is 15.8 Å². The second-order valence-electron chi connectivity index (χ2n) is 5.76. The van der Waals surface area contributed by atoms with E-state index in [1.807, 2.05) is 30.5 Å². The summed E-state index contributed by atoms with van der Waals surface area (Å²) in [7, 11) is 0. The van der Waals surface area contributed by atoms with Crippen LogP contribution >= 0.6 is 0 Å². The van der Waals surface area contributed by atoms with Crippen LogP contribution in [0, 0.1) is 5.92 Å². The predicted molar refractivity (Wildman–Crippen MR) is 79.6 cm³/mol. The predicted octanol–water partition coefficient (Wildman–Crippen LogP) is 2.15. The molecule has 4 heteroatoms. The second kappa shape index (κ2) is 4.72. The standard InChI is InChI=1S/C16H19N3O/c17-14-11-5-3-9-20-16(11)15(14)19-13-7-8-18-12-6-2-1-4-10(12)13/h1-2,4,6-8,11,14-16H,3,5,9,17H2,(H,18,19). The van der Waals surface area contributed by atoms with Gasteiger partial charge in [0.05, 0.1) is 17.7 Å². The molecule has 1 aromatic carbocycles. The number of benzene rings is 1. The van der Waals surface area contributed by atoms with Gasteiger partial charge in [-0.25, -0.2) is 0 Å². The minimum absolute atomic E-state index is 0.187. The van der Waals surface area contributed by atoms with Crippen LogP contribution in [0.25, 0.3) is 10.9 Å². The Morgan fingerprint density at radius 3 is 3.10 bits per heavy atom. The lowest BCUT2D eigenvalue weighted by molar-refractivity contribution is -0.104. The van der Waals surface area contributed by atoms with Crippen molar-refractivity contribution in [3.05, 3.63) is 36.5 Å². The number of para-hydroxylation sites is 1. The third kappa shape index (κ3) is 1.79. The van der Waals surface area contributed by atoms with Gasteiger partial charge in [0, 0.05) is 35.8 Å². The number of nitrogens with zero attached hydrogens (tertiary/aromatic N) is 1. The van der Waals surface area contributed by atoms with Crippen molar-refractivity contribution in [3.8, 4) is 0 Å². The summed E-state index contributed by atoms with van der Waals surface area (Å²) in [5.74, 6) is 0.523. The molecule has 3 N–H and O–H groups in total. The van der Waals surface area contributed by atoms with Crippen molar-refractivity contribution in [2.75, 3.05) is 11.9 Å². The number of ether oxygens (including phenoxy) is 1. The highest BCUT2D eigenvalue weighted by molar-refractivity contribution is 5.91. The van der Waals surface area contributed by atoms with Crippen LogP contribution in [0.3, 0.4) is 0 Å². The number of hydrogen-bond donors (Lipinski definition) is 2. The van der Waals surface area contributed by atoms with Crippen molar-refractivity contribution in [1.82, 2.24) is 4.98 Å². The fourth-order valence-electron chi connectivity index (χ4n) is 3.53. The Balaban J connectivity index is 1.62. The highest BCUT2D eigenvalue weighted by atomic mass is 16.5. The molecule has 4 nitrogen and oxygen atoms in total. The fraction of sp³-hybridized carbons (Fsp3) is 0.438. The Hall–Kier alpha value is -1.65. The summed E-state index contributed by atoms with van der Waals surface area (Å²) in [6.07, 6.45) is 4.44. The normalized spacial score (nSPS) is 32.5. The van der Waals surface area contributed by atoms with Crippen LogP contribution in [-0.2, 0) is 4.74 Å². The first-order valence-electron chi connectivity index (χ1n) is 7.32. The summed E-state index contributed by atoms with van der Waals surface area (Å²) in [6.45, 7) is 0.864. The monoisotopic (exact) mass is 269 g/mol. The third-order valence-electron chi connectivity index (χ3n) is 4.65. The molecule has 1 saturated carbocycles. The fourth-order valence-corrected chi connectivity index (χ4v) is 3.53. The van der Waals surface area contributed by atoms with Gasteiger partial charge in [-0.05, 0) is 25.0 Å². The van der Waals surface area contributed by atoms with E-state index in [4.69, 9.17) is 10.5 Å². The lowest BCUT2D eigenvalue weighted by Gasteiger charge is -2.52. The molecule has 1 aromatic heterocycles. The first-order valence-corrected chi connectivity index (χ1v) is 7.32. The van der Waals surface area contributed by atoms with Crippen molar-refractivity contribution in [2.24, 2.45) is 11.7 Å². The maximum atomic E-state index is 6.31. The van der Waals surface area contributed by atoms with Gasteiger partial charge in [0.15, 0.2) is 0 Å². The number of anilines is 1. The van der Waals surface area contributed by atoms with Crippen LogP contribution in [0.5, 0.6) is 0 Å². The molecule has 1 saturated heterocycles. The van der Waals surface area contributed by atoms with Gasteiger partial charge in [0.25, 0.3) is 0 Å². The van der Waals surface area contributed by atoms with Crippen LogP contribution in [0.2, 0.25) is 0 Å². The van der Waals surface area contributed by atoms with E-state index >= 15 is 0 Å². The molecule has 20 heavy (non-hydrogen) atoms. The molecule has 2 aliphatic rings. The van der Waals surface area contributed by atoms with Crippen LogP contribution in [0.4, 0.5) is 5.69 Å². The molecule has 4 rings (SSSR count). The Bertz CT molecular complexity index is 625. The Morgan fingerprint density at radius 2 is 2.15 bits per heavy atom. The quantitative estimate of drug-likeness (QED) is 0.877. The van der Waals surface area contributed by atoms with Crippen molar-refractivity contribution in [3.63, 3.8) is 0 Å². The average molecular weight is 269 g/mol. The smallest absolute Gasteiger partial charge is 0.0834 e. The molecular weight excluding hydrogens is 250 g/mol.